The quantitative estimate of drug-likeness (QED) is 0.754. The maximum absolute atomic E-state index is 12.0. The first kappa shape index (κ1) is 10.9. The molecule has 0 bridgehead atoms. The van der Waals surface area contributed by atoms with Crippen LogP contribution < -0.4 is 0 Å². The van der Waals surface area contributed by atoms with Crippen molar-refractivity contribution in [3.63, 3.8) is 0 Å². The molecule has 0 saturated carbocycles. The van der Waals surface area contributed by atoms with Gasteiger partial charge in [-0.2, -0.15) is 0 Å². The second kappa shape index (κ2) is 4.13. The fraction of sp³-hybridized carbons (Fsp3) is 0.400. The second-order valence-electron chi connectivity index (χ2n) is 3.63. The summed E-state index contributed by atoms with van der Waals surface area (Å²) < 4.78 is 1.59. The molecule has 2 aromatic heterocycles. The van der Waals surface area contributed by atoms with Crippen LogP contribution in [0, 0.1) is 13.8 Å². The lowest BCUT2D eigenvalue weighted by atomic mass is 10.2. The molecule has 2 aromatic rings. The van der Waals surface area contributed by atoms with Crippen LogP contribution in [0.3, 0.4) is 0 Å². The molecule has 0 amide bonds. The summed E-state index contributed by atoms with van der Waals surface area (Å²) in [6.07, 6.45) is 2.04. The fourth-order valence-corrected chi connectivity index (χ4v) is 2.37. The minimum Gasteiger partial charge on any atom is -0.293 e. The molecule has 0 unspecified atom stereocenters. The predicted octanol–water partition coefficient (Wildman–Crippen LogP) is 1.31. The SMILES string of the molecule is Cc1nc(C)c(C(=O)Cc2cn(C)nn2)s1. The Morgan fingerprint density at radius 3 is 2.75 bits per heavy atom. The summed E-state index contributed by atoms with van der Waals surface area (Å²) in [6.45, 7) is 3.75. The summed E-state index contributed by atoms with van der Waals surface area (Å²) in [5, 5.41) is 8.60. The highest BCUT2D eigenvalue weighted by atomic mass is 32.1. The zero-order valence-electron chi connectivity index (χ0n) is 9.39. The zero-order valence-corrected chi connectivity index (χ0v) is 10.2. The van der Waals surface area contributed by atoms with Crippen molar-refractivity contribution in [3.05, 3.63) is 27.5 Å². The first-order valence-electron chi connectivity index (χ1n) is 4.88. The third-order valence-corrected chi connectivity index (χ3v) is 3.26. The molecule has 0 fully saturated rings. The van der Waals surface area contributed by atoms with Crippen molar-refractivity contribution in [1.29, 1.82) is 0 Å². The molecule has 0 aliphatic heterocycles. The molecule has 6 heteroatoms. The number of carbonyl (C=O) groups is 1. The van der Waals surface area contributed by atoms with E-state index < -0.39 is 0 Å². The van der Waals surface area contributed by atoms with E-state index in [9.17, 15) is 4.79 Å². The highest BCUT2D eigenvalue weighted by Gasteiger charge is 2.15. The van der Waals surface area contributed by atoms with Gasteiger partial charge < -0.3 is 0 Å². The van der Waals surface area contributed by atoms with Crippen LogP contribution in [-0.4, -0.2) is 25.8 Å². The van der Waals surface area contributed by atoms with Gasteiger partial charge in [-0.25, -0.2) is 4.98 Å². The van der Waals surface area contributed by atoms with E-state index in [4.69, 9.17) is 0 Å². The monoisotopic (exact) mass is 236 g/mol. The Balaban J connectivity index is 2.17. The van der Waals surface area contributed by atoms with Gasteiger partial charge in [-0.15, -0.1) is 16.4 Å². The van der Waals surface area contributed by atoms with Gasteiger partial charge in [0.25, 0.3) is 0 Å². The summed E-state index contributed by atoms with van der Waals surface area (Å²) in [5.41, 5.74) is 1.49. The van der Waals surface area contributed by atoms with Crippen LogP contribution in [0.4, 0.5) is 0 Å². The standard InChI is InChI=1S/C10H12N4OS/c1-6-10(16-7(2)11-6)9(15)4-8-5-14(3)13-12-8/h5H,4H2,1-3H3. The molecule has 0 saturated heterocycles. The summed E-state index contributed by atoms with van der Waals surface area (Å²) in [4.78, 5) is 16.9. The van der Waals surface area contributed by atoms with E-state index in [0.29, 0.717) is 5.69 Å². The number of hydrogen-bond donors (Lipinski definition) is 0. The first-order chi connectivity index (χ1) is 7.56. The Hall–Kier alpha value is -1.56. The average molecular weight is 236 g/mol. The van der Waals surface area contributed by atoms with Crippen LogP contribution in [0.5, 0.6) is 0 Å². The number of aryl methyl sites for hydroxylation is 3. The lowest BCUT2D eigenvalue weighted by molar-refractivity contribution is 0.0995. The molecular formula is C10H12N4OS. The second-order valence-corrected chi connectivity index (χ2v) is 4.83. The number of hydrogen-bond acceptors (Lipinski definition) is 5. The molecule has 2 rings (SSSR count). The number of thiazole rings is 1. The smallest absolute Gasteiger partial charge is 0.180 e. The van der Waals surface area contributed by atoms with Crippen LogP contribution in [0.15, 0.2) is 6.20 Å². The molecule has 5 nitrogen and oxygen atoms in total. The van der Waals surface area contributed by atoms with Gasteiger partial charge in [-0.3, -0.25) is 9.48 Å². The zero-order chi connectivity index (χ0) is 11.7. The summed E-state index contributed by atoms with van der Waals surface area (Å²) >= 11 is 1.43. The third kappa shape index (κ3) is 2.16. The predicted molar refractivity (Wildman–Crippen MR) is 60.6 cm³/mol. The van der Waals surface area contributed by atoms with Crippen molar-refractivity contribution in [1.82, 2.24) is 20.0 Å². The molecule has 0 aromatic carbocycles. The number of rotatable bonds is 3. The van der Waals surface area contributed by atoms with E-state index in [0.717, 1.165) is 15.6 Å². The minimum atomic E-state index is 0.0589. The molecule has 0 spiro atoms. The Morgan fingerprint density at radius 2 is 2.25 bits per heavy atom. The third-order valence-electron chi connectivity index (χ3n) is 2.15. The maximum Gasteiger partial charge on any atom is 0.180 e. The van der Waals surface area contributed by atoms with Gasteiger partial charge in [0, 0.05) is 13.2 Å². The van der Waals surface area contributed by atoms with Crippen molar-refractivity contribution in [2.75, 3.05) is 0 Å². The van der Waals surface area contributed by atoms with E-state index in [1.54, 1.807) is 17.9 Å². The van der Waals surface area contributed by atoms with Gasteiger partial charge in [0.05, 0.1) is 27.7 Å². The van der Waals surface area contributed by atoms with Crippen molar-refractivity contribution in [2.45, 2.75) is 20.3 Å². The Bertz CT molecular complexity index is 529. The lowest BCUT2D eigenvalue weighted by Crippen LogP contribution is -2.03. The molecule has 2 heterocycles. The van der Waals surface area contributed by atoms with E-state index in [1.807, 2.05) is 13.8 Å². The number of Topliss-reactive ketones (excluding diaryl/α,β-unsaturated/α-hetero) is 1. The molecule has 0 radical (unpaired) electrons. The molecule has 0 atom stereocenters. The molecular weight excluding hydrogens is 224 g/mol. The highest BCUT2D eigenvalue weighted by molar-refractivity contribution is 7.13. The van der Waals surface area contributed by atoms with E-state index >= 15 is 0 Å². The molecule has 16 heavy (non-hydrogen) atoms. The van der Waals surface area contributed by atoms with Crippen LogP contribution in [0.25, 0.3) is 0 Å². The number of nitrogens with zero attached hydrogens (tertiary/aromatic N) is 4. The van der Waals surface area contributed by atoms with Crippen LogP contribution in [-0.2, 0) is 13.5 Å². The topological polar surface area (TPSA) is 60.7 Å². The minimum absolute atomic E-state index is 0.0589. The van der Waals surface area contributed by atoms with Crippen molar-refractivity contribution in [2.24, 2.45) is 7.05 Å². The Labute approximate surface area is 97.1 Å². The van der Waals surface area contributed by atoms with E-state index in [-0.39, 0.29) is 12.2 Å². The summed E-state index contributed by atoms with van der Waals surface area (Å²) in [5.74, 6) is 0.0589. The Morgan fingerprint density at radius 1 is 1.50 bits per heavy atom. The molecule has 0 aliphatic rings. The number of ketones is 1. The van der Waals surface area contributed by atoms with Gasteiger partial charge in [0.1, 0.15) is 0 Å². The van der Waals surface area contributed by atoms with Crippen molar-refractivity contribution < 1.29 is 4.79 Å². The van der Waals surface area contributed by atoms with Crippen molar-refractivity contribution in [3.8, 4) is 0 Å². The number of carbonyl (C=O) groups excluding carboxylic acids is 1. The summed E-state index contributed by atoms with van der Waals surface area (Å²) in [6, 6.07) is 0. The average Bonchev–Trinajstić information content (AvgIpc) is 2.73. The fourth-order valence-electron chi connectivity index (χ4n) is 1.51. The van der Waals surface area contributed by atoms with Gasteiger partial charge in [-0.05, 0) is 13.8 Å². The van der Waals surface area contributed by atoms with Crippen molar-refractivity contribution >= 4 is 17.1 Å². The Kier molecular flexibility index (Phi) is 2.82. The molecule has 84 valence electrons. The van der Waals surface area contributed by atoms with Crippen LogP contribution >= 0.6 is 11.3 Å². The maximum atomic E-state index is 12.0. The number of aromatic nitrogens is 4. The normalized spacial score (nSPS) is 10.7. The first-order valence-corrected chi connectivity index (χ1v) is 5.70. The van der Waals surface area contributed by atoms with E-state index in [1.165, 1.54) is 11.3 Å². The highest BCUT2D eigenvalue weighted by Crippen LogP contribution is 2.18. The molecule has 0 aliphatic carbocycles. The van der Waals surface area contributed by atoms with Gasteiger partial charge in [0.2, 0.25) is 0 Å². The van der Waals surface area contributed by atoms with Crippen LogP contribution in [0.1, 0.15) is 26.1 Å². The summed E-state index contributed by atoms with van der Waals surface area (Å²) in [7, 11) is 1.78. The largest absolute Gasteiger partial charge is 0.293 e. The molecule has 0 N–H and O–H groups in total. The van der Waals surface area contributed by atoms with E-state index in [2.05, 4.69) is 15.3 Å². The van der Waals surface area contributed by atoms with Gasteiger partial charge in [0.15, 0.2) is 5.78 Å². The lowest BCUT2D eigenvalue weighted by Gasteiger charge is -1.94. The van der Waals surface area contributed by atoms with Gasteiger partial charge in [-0.1, -0.05) is 5.21 Å². The van der Waals surface area contributed by atoms with Crippen LogP contribution in [0.2, 0.25) is 0 Å². The van der Waals surface area contributed by atoms with Gasteiger partial charge >= 0.3 is 0 Å².